The number of hydrogen-bond donors (Lipinski definition) is 1. The van der Waals surface area contributed by atoms with Gasteiger partial charge in [-0.15, -0.1) is 0 Å². The number of carbonyl (C=O) groups excluding carboxylic acids is 1. The third-order valence-electron chi connectivity index (χ3n) is 3.88. The topological polar surface area (TPSA) is 49.8 Å². The molecule has 1 aromatic rings. The van der Waals surface area contributed by atoms with Gasteiger partial charge in [0.05, 0.1) is 0 Å². The first-order chi connectivity index (χ1) is 10.1. The summed E-state index contributed by atoms with van der Waals surface area (Å²) in [5.74, 6) is 0.672. The van der Waals surface area contributed by atoms with Crippen LogP contribution < -0.4 is 4.74 Å². The molecule has 1 fully saturated rings. The Bertz CT molecular complexity index is 488. The van der Waals surface area contributed by atoms with Crippen LogP contribution >= 0.6 is 11.6 Å². The van der Waals surface area contributed by atoms with E-state index in [4.69, 9.17) is 21.4 Å². The van der Waals surface area contributed by atoms with Crippen LogP contribution in [0.3, 0.4) is 0 Å². The Hall–Kier alpha value is -1.26. The summed E-state index contributed by atoms with van der Waals surface area (Å²) in [6, 6.07) is 5.67. The summed E-state index contributed by atoms with van der Waals surface area (Å²) in [6.07, 6.45) is 3.89. The summed E-state index contributed by atoms with van der Waals surface area (Å²) in [6.45, 7) is 2.64. The number of aliphatic hydroxyl groups is 1. The Labute approximate surface area is 130 Å². The molecule has 1 aliphatic carbocycles. The van der Waals surface area contributed by atoms with Gasteiger partial charge in [-0.2, -0.15) is 0 Å². The van der Waals surface area contributed by atoms with Crippen LogP contribution in [0.15, 0.2) is 18.2 Å². The first-order valence-electron chi connectivity index (χ1n) is 7.41. The third kappa shape index (κ3) is 4.35. The van der Waals surface area contributed by atoms with Crippen LogP contribution in [0.2, 0.25) is 5.02 Å². The van der Waals surface area contributed by atoms with Crippen molar-refractivity contribution in [2.45, 2.75) is 38.6 Å². The zero-order valence-corrected chi connectivity index (χ0v) is 13.1. The average Bonchev–Trinajstić information content (AvgIpc) is 2.40. The number of benzene rings is 1. The lowest BCUT2D eigenvalue weighted by Crippen LogP contribution is -2.46. The number of carbonyl (C=O) groups is 1. The van der Waals surface area contributed by atoms with Crippen molar-refractivity contribution < 1.29 is 14.6 Å². The molecule has 0 heterocycles. The lowest BCUT2D eigenvalue weighted by Gasteiger charge is -2.37. The summed E-state index contributed by atoms with van der Waals surface area (Å²) in [4.78, 5) is 14.2. The van der Waals surface area contributed by atoms with Crippen LogP contribution in [0.25, 0.3) is 0 Å². The molecule has 2 rings (SSSR count). The lowest BCUT2D eigenvalue weighted by molar-refractivity contribution is -0.137. The third-order valence-corrected chi connectivity index (χ3v) is 4.12. The minimum absolute atomic E-state index is 0.0116. The van der Waals surface area contributed by atoms with E-state index in [0.717, 1.165) is 18.4 Å². The molecular formula is C16H22ClNO3. The van der Waals surface area contributed by atoms with Gasteiger partial charge >= 0.3 is 0 Å². The van der Waals surface area contributed by atoms with Crippen LogP contribution in [0, 0.1) is 6.92 Å². The minimum atomic E-state index is -0.0116. The maximum Gasteiger partial charge on any atom is 0.260 e. The second kappa shape index (κ2) is 7.66. The first kappa shape index (κ1) is 16.1. The highest BCUT2D eigenvalue weighted by Gasteiger charge is 2.28. The molecule has 0 atom stereocenters. The van der Waals surface area contributed by atoms with Gasteiger partial charge in [-0.05, 0) is 56.4 Å². The molecule has 0 radical (unpaired) electrons. The number of amides is 1. The highest BCUT2D eigenvalue weighted by Crippen LogP contribution is 2.26. The second-order valence-electron chi connectivity index (χ2n) is 5.45. The number of rotatable bonds is 7. The predicted molar refractivity (Wildman–Crippen MR) is 82.7 cm³/mol. The molecule has 0 aliphatic heterocycles. The number of ether oxygens (including phenoxy) is 1. The Morgan fingerprint density at radius 3 is 2.81 bits per heavy atom. The summed E-state index contributed by atoms with van der Waals surface area (Å²) in [7, 11) is 0. The molecule has 116 valence electrons. The highest BCUT2D eigenvalue weighted by atomic mass is 35.5. The molecule has 0 saturated heterocycles. The van der Waals surface area contributed by atoms with Crippen LogP contribution in [-0.4, -0.2) is 41.7 Å². The Kier molecular flexibility index (Phi) is 5.88. The molecule has 1 amide bonds. The molecule has 0 unspecified atom stereocenters. The largest absolute Gasteiger partial charge is 0.483 e. The van der Waals surface area contributed by atoms with Gasteiger partial charge in [0.15, 0.2) is 6.61 Å². The van der Waals surface area contributed by atoms with Crippen molar-refractivity contribution in [2.24, 2.45) is 0 Å². The summed E-state index contributed by atoms with van der Waals surface area (Å²) >= 11 is 5.90. The average molecular weight is 312 g/mol. The van der Waals surface area contributed by atoms with Crippen LogP contribution in [0.1, 0.15) is 31.2 Å². The van der Waals surface area contributed by atoms with E-state index in [1.54, 1.807) is 12.1 Å². The Balaban J connectivity index is 1.91. The monoisotopic (exact) mass is 311 g/mol. The highest BCUT2D eigenvalue weighted by molar-refractivity contribution is 6.30. The van der Waals surface area contributed by atoms with Gasteiger partial charge in [-0.3, -0.25) is 4.79 Å². The Morgan fingerprint density at radius 1 is 1.48 bits per heavy atom. The van der Waals surface area contributed by atoms with E-state index in [9.17, 15) is 4.79 Å². The lowest BCUT2D eigenvalue weighted by atomic mass is 9.91. The minimum Gasteiger partial charge on any atom is -0.483 e. The fourth-order valence-electron chi connectivity index (χ4n) is 2.45. The maximum atomic E-state index is 12.3. The van der Waals surface area contributed by atoms with Crippen molar-refractivity contribution in [3.8, 4) is 5.75 Å². The fourth-order valence-corrected chi connectivity index (χ4v) is 2.67. The zero-order chi connectivity index (χ0) is 15.2. The zero-order valence-electron chi connectivity index (χ0n) is 12.3. The maximum absolute atomic E-state index is 12.3. The molecule has 1 saturated carbocycles. The molecular weight excluding hydrogens is 290 g/mol. The van der Waals surface area contributed by atoms with Crippen molar-refractivity contribution >= 4 is 17.5 Å². The van der Waals surface area contributed by atoms with Crippen molar-refractivity contribution in [1.29, 1.82) is 0 Å². The predicted octanol–water partition coefficient (Wildman–Crippen LogP) is 2.79. The van der Waals surface area contributed by atoms with Gasteiger partial charge in [0, 0.05) is 24.2 Å². The molecule has 4 nitrogen and oxygen atoms in total. The standard InChI is InChI=1S/C16H22ClNO3/c1-12-10-13(17)6-7-15(12)21-11-16(20)18(8-3-9-19)14-4-2-5-14/h6-7,10,14,19H,2-5,8-9,11H2,1H3. The molecule has 0 spiro atoms. The van der Waals surface area contributed by atoms with E-state index in [-0.39, 0.29) is 19.1 Å². The number of nitrogens with zero attached hydrogens (tertiary/aromatic N) is 1. The van der Waals surface area contributed by atoms with E-state index in [0.29, 0.717) is 29.8 Å². The van der Waals surface area contributed by atoms with Crippen LogP contribution in [0.4, 0.5) is 0 Å². The quantitative estimate of drug-likeness (QED) is 0.842. The van der Waals surface area contributed by atoms with Gasteiger partial charge in [-0.1, -0.05) is 11.6 Å². The SMILES string of the molecule is Cc1cc(Cl)ccc1OCC(=O)N(CCCO)C1CCC1. The van der Waals surface area contributed by atoms with Crippen molar-refractivity contribution in [3.05, 3.63) is 28.8 Å². The van der Waals surface area contributed by atoms with Gasteiger partial charge in [0.25, 0.3) is 5.91 Å². The molecule has 1 N–H and O–H groups in total. The van der Waals surface area contributed by atoms with Crippen molar-refractivity contribution in [2.75, 3.05) is 19.8 Å². The number of aryl methyl sites for hydroxylation is 1. The van der Waals surface area contributed by atoms with Crippen molar-refractivity contribution in [3.63, 3.8) is 0 Å². The van der Waals surface area contributed by atoms with Gasteiger partial charge in [-0.25, -0.2) is 0 Å². The normalized spacial score (nSPS) is 14.6. The summed E-state index contributed by atoms with van der Waals surface area (Å²) in [5, 5.41) is 9.62. The molecule has 0 bridgehead atoms. The van der Waals surface area contributed by atoms with Crippen molar-refractivity contribution in [1.82, 2.24) is 4.90 Å². The van der Waals surface area contributed by atoms with Crippen LogP contribution in [-0.2, 0) is 4.79 Å². The number of hydrogen-bond acceptors (Lipinski definition) is 3. The molecule has 5 heteroatoms. The Morgan fingerprint density at radius 2 is 2.24 bits per heavy atom. The van der Waals surface area contributed by atoms with E-state index >= 15 is 0 Å². The van der Waals surface area contributed by atoms with Gasteiger partial charge in [0.1, 0.15) is 5.75 Å². The van der Waals surface area contributed by atoms with E-state index in [1.165, 1.54) is 6.42 Å². The van der Waals surface area contributed by atoms with E-state index in [2.05, 4.69) is 0 Å². The number of halogens is 1. The molecule has 0 aromatic heterocycles. The smallest absolute Gasteiger partial charge is 0.260 e. The number of aliphatic hydroxyl groups excluding tert-OH is 1. The van der Waals surface area contributed by atoms with Gasteiger partial charge < -0.3 is 14.7 Å². The fraction of sp³-hybridized carbons (Fsp3) is 0.562. The van der Waals surface area contributed by atoms with Gasteiger partial charge in [0.2, 0.25) is 0 Å². The molecule has 21 heavy (non-hydrogen) atoms. The summed E-state index contributed by atoms with van der Waals surface area (Å²) < 4.78 is 5.62. The summed E-state index contributed by atoms with van der Waals surface area (Å²) in [5.41, 5.74) is 0.917. The molecule has 1 aliphatic rings. The van der Waals surface area contributed by atoms with E-state index < -0.39 is 0 Å². The second-order valence-corrected chi connectivity index (χ2v) is 5.88. The van der Waals surface area contributed by atoms with Crippen LogP contribution in [0.5, 0.6) is 5.75 Å². The van der Waals surface area contributed by atoms with E-state index in [1.807, 2.05) is 17.9 Å². The molecule has 1 aromatic carbocycles. The first-order valence-corrected chi connectivity index (χ1v) is 7.79.